The largest absolute Gasteiger partial charge is 0.508 e. The van der Waals surface area contributed by atoms with E-state index in [1.807, 2.05) is 12.1 Å². The summed E-state index contributed by atoms with van der Waals surface area (Å²) in [5.74, 6) is 0.341. The van der Waals surface area contributed by atoms with E-state index in [0.717, 1.165) is 19.5 Å². The third-order valence-corrected chi connectivity index (χ3v) is 3.67. The molecule has 1 aromatic carbocycles. The molecule has 3 heteroatoms. The Morgan fingerprint density at radius 3 is 2.65 bits per heavy atom. The van der Waals surface area contributed by atoms with Crippen LogP contribution in [-0.4, -0.2) is 42.2 Å². The van der Waals surface area contributed by atoms with Gasteiger partial charge < -0.3 is 15.3 Å². The Morgan fingerprint density at radius 1 is 1.35 bits per heavy atom. The van der Waals surface area contributed by atoms with Crippen LogP contribution < -0.4 is 5.32 Å². The molecule has 2 N–H and O–H groups in total. The predicted octanol–water partition coefficient (Wildman–Crippen LogP) is 1.62. The summed E-state index contributed by atoms with van der Waals surface area (Å²) < 4.78 is 0. The van der Waals surface area contributed by atoms with E-state index in [1.54, 1.807) is 12.1 Å². The molecule has 2 rings (SSSR count). The molecule has 0 saturated carbocycles. The van der Waals surface area contributed by atoms with Gasteiger partial charge in [0.25, 0.3) is 0 Å². The minimum atomic E-state index is 0.341. The number of hydrogen-bond acceptors (Lipinski definition) is 3. The zero-order chi connectivity index (χ0) is 12.3. The smallest absolute Gasteiger partial charge is 0.115 e. The molecular weight excluding hydrogens is 212 g/mol. The Labute approximate surface area is 103 Å². The first kappa shape index (κ1) is 12.4. The SMILES string of the molecule is CC1CC(NCCc2ccc(O)cc2)CN1C. The number of likely N-dealkylation sites (N-methyl/N-ethyl adjacent to an activating group) is 1. The van der Waals surface area contributed by atoms with Gasteiger partial charge in [-0.05, 0) is 51.1 Å². The van der Waals surface area contributed by atoms with Gasteiger partial charge in [-0.15, -0.1) is 0 Å². The molecule has 94 valence electrons. The molecule has 2 atom stereocenters. The number of likely N-dealkylation sites (tertiary alicyclic amines) is 1. The van der Waals surface area contributed by atoms with E-state index in [-0.39, 0.29) is 0 Å². The minimum absolute atomic E-state index is 0.341. The van der Waals surface area contributed by atoms with E-state index in [9.17, 15) is 5.11 Å². The molecule has 0 aliphatic carbocycles. The maximum atomic E-state index is 9.19. The Kier molecular flexibility index (Phi) is 4.02. The van der Waals surface area contributed by atoms with Gasteiger partial charge >= 0.3 is 0 Å². The van der Waals surface area contributed by atoms with Crippen molar-refractivity contribution < 1.29 is 5.11 Å². The maximum Gasteiger partial charge on any atom is 0.115 e. The number of benzene rings is 1. The van der Waals surface area contributed by atoms with E-state index >= 15 is 0 Å². The first-order chi connectivity index (χ1) is 8.15. The molecule has 0 spiro atoms. The summed E-state index contributed by atoms with van der Waals surface area (Å²) in [5.41, 5.74) is 1.27. The van der Waals surface area contributed by atoms with E-state index in [1.165, 1.54) is 12.0 Å². The Balaban J connectivity index is 1.71. The first-order valence-corrected chi connectivity index (χ1v) is 6.36. The highest BCUT2D eigenvalue weighted by Gasteiger charge is 2.25. The summed E-state index contributed by atoms with van der Waals surface area (Å²) >= 11 is 0. The van der Waals surface area contributed by atoms with Crippen LogP contribution in [0.1, 0.15) is 18.9 Å². The van der Waals surface area contributed by atoms with E-state index in [2.05, 4.69) is 24.2 Å². The molecule has 2 unspecified atom stereocenters. The van der Waals surface area contributed by atoms with Gasteiger partial charge in [-0.3, -0.25) is 0 Å². The van der Waals surface area contributed by atoms with Crippen molar-refractivity contribution in [2.45, 2.75) is 31.8 Å². The van der Waals surface area contributed by atoms with Crippen LogP contribution in [0.15, 0.2) is 24.3 Å². The fraction of sp³-hybridized carbons (Fsp3) is 0.571. The third-order valence-electron chi connectivity index (χ3n) is 3.67. The molecule has 1 heterocycles. The van der Waals surface area contributed by atoms with Crippen molar-refractivity contribution in [3.05, 3.63) is 29.8 Å². The highest BCUT2D eigenvalue weighted by atomic mass is 16.3. The van der Waals surface area contributed by atoms with Crippen LogP contribution in [0.5, 0.6) is 5.75 Å². The van der Waals surface area contributed by atoms with Gasteiger partial charge in [-0.25, -0.2) is 0 Å². The molecule has 1 saturated heterocycles. The van der Waals surface area contributed by atoms with Crippen LogP contribution in [0.4, 0.5) is 0 Å². The van der Waals surface area contributed by atoms with Crippen molar-refractivity contribution >= 4 is 0 Å². The van der Waals surface area contributed by atoms with E-state index < -0.39 is 0 Å². The number of phenolic OH excluding ortho intramolecular Hbond substituents is 1. The second-order valence-corrected chi connectivity index (χ2v) is 5.09. The molecule has 0 aromatic heterocycles. The first-order valence-electron chi connectivity index (χ1n) is 6.36. The van der Waals surface area contributed by atoms with Crippen molar-refractivity contribution in [3.8, 4) is 5.75 Å². The Hall–Kier alpha value is -1.06. The van der Waals surface area contributed by atoms with Crippen LogP contribution in [0.25, 0.3) is 0 Å². The maximum absolute atomic E-state index is 9.19. The van der Waals surface area contributed by atoms with Gasteiger partial charge in [0.1, 0.15) is 5.75 Å². The average molecular weight is 234 g/mol. The van der Waals surface area contributed by atoms with Gasteiger partial charge in [0.05, 0.1) is 0 Å². The van der Waals surface area contributed by atoms with Crippen molar-refractivity contribution in [1.82, 2.24) is 10.2 Å². The second-order valence-electron chi connectivity index (χ2n) is 5.09. The third kappa shape index (κ3) is 3.45. The number of nitrogens with zero attached hydrogens (tertiary/aromatic N) is 1. The lowest BCUT2D eigenvalue weighted by Crippen LogP contribution is -2.32. The molecule has 3 nitrogen and oxygen atoms in total. The summed E-state index contributed by atoms with van der Waals surface area (Å²) in [5, 5.41) is 12.8. The fourth-order valence-electron chi connectivity index (χ4n) is 2.42. The van der Waals surface area contributed by atoms with Crippen LogP contribution in [-0.2, 0) is 6.42 Å². The van der Waals surface area contributed by atoms with Gasteiger partial charge in [-0.1, -0.05) is 12.1 Å². The summed E-state index contributed by atoms with van der Waals surface area (Å²) in [4.78, 5) is 2.40. The van der Waals surface area contributed by atoms with E-state index in [0.29, 0.717) is 17.8 Å². The average Bonchev–Trinajstić information content (AvgIpc) is 2.61. The number of phenols is 1. The van der Waals surface area contributed by atoms with Crippen molar-refractivity contribution in [2.75, 3.05) is 20.1 Å². The van der Waals surface area contributed by atoms with Crippen LogP contribution in [0.2, 0.25) is 0 Å². The van der Waals surface area contributed by atoms with E-state index in [4.69, 9.17) is 0 Å². The quantitative estimate of drug-likeness (QED) is 0.831. The minimum Gasteiger partial charge on any atom is -0.508 e. The predicted molar refractivity (Wildman–Crippen MR) is 70.3 cm³/mol. The zero-order valence-electron chi connectivity index (χ0n) is 10.7. The standard InChI is InChI=1S/C14H22N2O/c1-11-9-13(10-16(11)2)15-8-7-12-3-5-14(17)6-4-12/h3-6,11,13,15,17H,7-10H2,1-2H3. The molecule has 1 aromatic rings. The lowest BCUT2D eigenvalue weighted by atomic mass is 10.1. The zero-order valence-corrected chi connectivity index (χ0v) is 10.7. The van der Waals surface area contributed by atoms with Crippen LogP contribution in [0.3, 0.4) is 0 Å². The highest BCUT2D eigenvalue weighted by Crippen LogP contribution is 2.15. The molecule has 1 aliphatic rings. The molecular formula is C14H22N2O. The monoisotopic (exact) mass is 234 g/mol. The second kappa shape index (κ2) is 5.52. The molecule has 1 fully saturated rings. The number of nitrogens with one attached hydrogen (secondary N) is 1. The lowest BCUT2D eigenvalue weighted by molar-refractivity contribution is 0.327. The van der Waals surface area contributed by atoms with Crippen LogP contribution in [0, 0.1) is 0 Å². The normalized spacial score (nSPS) is 25.3. The Morgan fingerprint density at radius 2 is 2.06 bits per heavy atom. The molecule has 0 radical (unpaired) electrons. The van der Waals surface area contributed by atoms with Gasteiger partial charge in [-0.2, -0.15) is 0 Å². The topological polar surface area (TPSA) is 35.5 Å². The van der Waals surface area contributed by atoms with Gasteiger partial charge in [0.15, 0.2) is 0 Å². The van der Waals surface area contributed by atoms with Crippen molar-refractivity contribution in [1.29, 1.82) is 0 Å². The highest BCUT2D eigenvalue weighted by molar-refractivity contribution is 5.25. The lowest BCUT2D eigenvalue weighted by Gasteiger charge is -2.13. The summed E-state index contributed by atoms with van der Waals surface area (Å²) in [6, 6.07) is 8.80. The number of rotatable bonds is 4. The van der Waals surface area contributed by atoms with Crippen molar-refractivity contribution in [2.24, 2.45) is 0 Å². The van der Waals surface area contributed by atoms with Crippen molar-refractivity contribution in [3.63, 3.8) is 0 Å². The Bertz CT molecular complexity index is 340. The molecule has 1 aliphatic heterocycles. The molecule has 0 bridgehead atoms. The summed E-state index contributed by atoms with van der Waals surface area (Å²) in [7, 11) is 2.19. The number of aromatic hydroxyl groups is 1. The number of hydrogen-bond donors (Lipinski definition) is 2. The van der Waals surface area contributed by atoms with Crippen LogP contribution >= 0.6 is 0 Å². The molecule has 0 amide bonds. The molecule has 17 heavy (non-hydrogen) atoms. The van der Waals surface area contributed by atoms with Gasteiger partial charge in [0, 0.05) is 18.6 Å². The van der Waals surface area contributed by atoms with Gasteiger partial charge in [0.2, 0.25) is 0 Å². The summed E-state index contributed by atoms with van der Waals surface area (Å²) in [6.45, 7) is 4.44. The fourth-order valence-corrected chi connectivity index (χ4v) is 2.42. The summed E-state index contributed by atoms with van der Waals surface area (Å²) in [6.07, 6.45) is 2.26.